The van der Waals surface area contributed by atoms with E-state index in [1.165, 1.54) is 25.7 Å². The smallest absolute Gasteiger partial charge is 0.257 e. The fourth-order valence-corrected chi connectivity index (χ4v) is 4.04. The molecule has 2 saturated carbocycles. The molecule has 1 saturated heterocycles. The zero-order valence-corrected chi connectivity index (χ0v) is 14.6. The highest BCUT2D eigenvalue weighted by molar-refractivity contribution is 5.50. The SMILES string of the molecule is CCOc1nccnc1N1C[C@H](c2nc(C3CC3)n[nH]2)[C@@H](C2CC2)C1. The fourth-order valence-electron chi connectivity index (χ4n) is 4.04. The van der Waals surface area contributed by atoms with Crippen LogP contribution < -0.4 is 9.64 Å². The van der Waals surface area contributed by atoms with Crippen molar-refractivity contribution in [1.82, 2.24) is 25.1 Å². The van der Waals surface area contributed by atoms with Crippen molar-refractivity contribution >= 4 is 5.82 Å². The van der Waals surface area contributed by atoms with Crippen LogP contribution in [0.15, 0.2) is 12.4 Å². The average Bonchev–Trinajstić information content (AvgIpc) is 3.57. The Kier molecular flexibility index (Phi) is 3.60. The summed E-state index contributed by atoms with van der Waals surface area (Å²) in [4.78, 5) is 16.1. The van der Waals surface area contributed by atoms with Gasteiger partial charge in [0.25, 0.3) is 5.88 Å². The van der Waals surface area contributed by atoms with Gasteiger partial charge in [0.2, 0.25) is 0 Å². The molecule has 1 aliphatic heterocycles. The Labute approximate surface area is 147 Å². The molecule has 3 fully saturated rings. The molecule has 0 radical (unpaired) electrons. The van der Waals surface area contributed by atoms with Gasteiger partial charge in [-0.05, 0) is 44.4 Å². The molecule has 0 bridgehead atoms. The van der Waals surface area contributed by atoms with E-state index in [-0.39, 0.29) is 0 Å². The third-order valence-corrected chi connectivity index (χ3v) is 5.63. The first-order chi connectivity index (χ1) is 12.3. The molecular weight excluding hydrogens is 316 g/mol. The first-order valence-electron chi connectivity index (χ1n) is 9.44. The van der Waals surface area contributed by atoms with Gasteiger partial charge < -0.3 is 9.64 Å². The lowest BCUT2D eigenvalue weighted by atomic mass is 9.91. The predicted molar refractivity (Wildman–Crippen MR) is 92.7 cm³/mol. The number of H-pyrrole nitrogens is 1. The van der Waals surface area contributed by atoms with Gasteiger partial charge in [-0.2, -0.15) is 5.10 Å². The number of ether oxygens (including phenoxy) is 1. The number of aromatic nitrogens is 5. The summed E-state index contributed by atoms with van der Waals surface area (Å²) in [7, 11) is 0. The lowest BCUT2D eigenvalue weighted by Gasteiger charge is -2.19. The Hall–Kier alpha value is -2.18. The number of aromatic amines is 1. The molecule has 2 aromatic heterocycles. The van der Waals surface area contributed by atoms with Crippen molar-refractivity contribution in [2.75, 3.05) is 24.6 Å². The predicted octanol–water partition coefficient (Wildman–Crippen LogP) is 2.50. The van der Waals surface area contributed by atoms with Crippen LogP contribution in [-0.2, 0) is 0 Å². The minimum absolute atomic E-state index is 0.393. The molecule has 5 rings (SSSR count). The van der Waals surface area contributed by atoms with E-state index >= 15 is 0 Å². The topological polar surface area (TPSA) is 79.8 Å². The molecule has 3 heterocycles. The number of hydrogen-bond acceptors (Lipinski definition) is 6. The highest BCUT2D eigenvalue weighted by Gasteiger charge is 2.45. The van der Waals surface area contributed by atoms with E-state index in [4.69, 9.17) is 9.72 Å². The van der Waals surface area contributed by atoms with Gasteiger partial charge in [0.15, 0.2) is 11.6 Å². The summed E-state index contributed by atoms with van der Waals surface area (Å²) < 4.78 is 5.69. The number of rotatable bonds is 6. The summed E-state index contributed by atoms with van der Waals surface area (Å²) in [5.41, 5.74) is 0. The van der Waals surface area contributed by atoms with Crippen LogP contribution in [-0.4, -0.2) is 44.8 Å². The largest absolute Gasteiger partial charge is 0.475 e. The molecule has 3 aliphatic rings. The molecule has 1 N–H and O–H groups in total. The lowest BCUT2D eigenvalue weighted by molar-refractivity contribution is 0.325. The molecule has 132 valence electrons. The van der Waals surface area contributed by atoms with Gasteiger partial charge >= 0.3 is 0 Å². The second-order valence-corrected chi connectivity index (χ2v) is 7.48. The van der Waals surface area contributed by atoms with Crippen molar-refractivity contribution in [3.63, 3.8) is 0 Å². The van der Waals surface area contributed by atoms with Gasteiger partial charge in [0.1, 0.15) is 5.82 Å². The van der Waals surface area contributed by atoms with Gasteiger partial charge in [-0.15, -0.1) is 0 Å². The highest BCUT2D eigenvalue weighted by atomic mass is 16.5. The van der Waals surface area contributed by atoms with Gasteiger partial charge in [-0.1, -0.05) is 0 Å². The minimum Gasteiger partial charge on any atom is -0.475 e. The van der Waals surface area contributed by atoms with Gasteiger partial charge in [-0.3, -0.25) is 5.10 Å². The van der Waals surface area contributed by atoms with Gasteiger partial charge in [0.05, 0.1) is 6.61 Å². The molecule has 2 aliphatic carbocycles. The number of hydrogen-bond donors (Lipinski definition) is 1. The van der Waals surface area contributed by atoms with Crippen molar-refractivity contribution < 1.29 is 4.74 Å². The Morgan fingerprint density at radius 3 is 2.76 bits per heavy atom. The van der Waals surface area contributed by atoms with Crippen molar-refractivity contribution in [2.24, 2.45) is 11.8 Å². The van der Waals surface area contributed by atoms with Gasteiger partial charge in [0, 0.05) is 37.3 Å². The third-order valence-electron chi connectivity index (χ3n) is 5.63. The highest BCUT2D eigenvalue weighted by Crippen LogP contribution is 2.48. The second-order valence-electron chi connectivity index (χ2n) is 7.48. The van der Waals surface area contributed by atoms with Crippen molar-refractivity contribution in [1.29, 1.82) is 0 Å². The normalized spacial score (nSPS) is 26.2. The quantitative estimate of drug-likeness (QED) is 0.870. The number of nitrogens with zero attached hydrogens (tertiary/aromatic N) is 5. The summed E-state index contributed by atoms with van der Waals surface area (Å²) in [5, 5.41) is 7.71. The maximum absolute atomic E-state index is 5.69. The Morgan fingerprint density at radius 2 is 2.00 bits per heavy atom. The Bertz CT molecular complexity index is 754. The van der Waals surface area contributed by atoms with Crippen LogP contribution in [0.5, 0.6) is 5.88 Å². The van der Waals surface area contributed by atoms with E-state index in [0.29, 0.717) is 30.2 Å². The molecule has 2 aromatic rings. The maximum Gasteiger partial charge on any atom is 0.257 e. The summed E-state index contributed by atoms with van der Waals surface area (Å²) >= 11 is 0. The van der Waals surface area contributed by atoms with Crippen LogP contribution in [0.25, 0.3) is 0 Å². The van der Waals surface area contributed by atoms with Crippen LogP contribution in [0.1, 0.15) is 56.1 Å². The molecule has 7 heteroatoms. The van der Waals surface area contributed by atoms with E-state index in [0.717, 1.165) is 36.5 Å². The van der Waals surface area contributed by atoms with E-state index in [1.54, 1.807) is 12.4 Å². The van der Waals surface area contributed by atoms with E-state index in [1.807, 2.05) is 6.92 Å². The van der Waals surface area contributed by atoms with E-state index in [2.05, 4.69) is 25.1 Å². The molecule has 2 atom stereocenters. The third kappa shape index (κ3) is 2.85. The first kappa shape index (κ1) is 15.1. The second kappa shape index (κ2) is 5.97. The van der Waals surface area contributed by atoms with Gasteiger partial charge in [-0.25, -0.2) is 15.0 Å². The average molecular weight is 340 g/mol. The number of nitrogens with one attached hydrogen (secondary N) is 1. The fraction of sp³-hybridized carbons (Fsp3) is 0.667. The van der Waals surface area contributed by atoms with Crippen molar-refractivity contribution in [3.05, 3.63) is 24.0 Å². The number of anilines is 1. The molecule has 0 spiro atoms. The van der Waals surface area contributed by atoms with Crippen LogP contribution in [0.3, 0.4) is 0 Å². The van der Waals surface area contributed by atoms with Crippen LogP contribution in [0, 0.1) is 11.8 Å². The monoisotopic (exact) mass is 340 g/mol. The van der Waals surface area contributed by atoms with Crippen molar-refractivity contribution in [3.8, 4) is 5.88 Å². The molecular formula is C18H24N6O. The van der Waals surface area contributed by atoms with Crippen molar-refractivity contribution in [2.45, 2.75) is 44.4 Å². The molecule has 0 aromatic carbocycles. The summed E-state index contributed by atoms with van der Waals surface area (Å²) in [5.74, 6) is 5.96. The summed E-state index contributed by atoms with van der Waals surface area (Å²) in [6, 6.07) is 0. The first-order valence-corrected chi connectivity index (χ1v) is 9.44. The lowest BCUT2D eigenvalue weighted by Crippen LogP contribution is -2.22. The Morgan fingerprint density at radius 1 is 1.16 bits per heavy atom. The van der Waals surface area contributed by atoms with Crippen LogP contribution in [0.4, 0.5) is 5.82 Å². The molecule has 0 unspecified atom stereocenters. The van der Waals surface area contributed by atoms with Crippen LogP contribution in [0.2, 0.25) is 0 Å². The maximum atomic E-state index is 5.69. The zero-order chi connectivity index (χ0) is 16.8. The molecule has 0 amide bonds. The zero-order valence-electron chi connectivity index (χ0n) is 14.6. The van der Waals surface area contributed by atoms with Crippen LogP contribution >= 0.6 is 0 Å². The summed E-state index contributed by atoms with van der Waals surface area (Å²) in [6.07, 6.45) is 8.57. The summed E-state index contributed by atoms with van der Waals surface area (Å²) in [6.45, 7) is 4.47. The Balaban J connectivity index is 1.42. The molecule has 7 nitrogen and oxygen atoms in total. The van der Waals surface area contributed by atoms with E-state index < -0.39 is 0 Å². The minimum atomic E-state index is 0.393. The standard InChI is InChI=1S/C18H24N6O/c1-2-25-18-17(19-7-8-20-18)24-9-13(11-3-4-11)14(10-24)16-21-15(22-23-16)12-5-6-12/h7-8,11-14H,2-6,9-10H2,1H3,(H,21,22,23)/t13-,14+/m1/s1. The van der Waals surface area contributed by atoms with E-state index in [9.17, 15) is 0 Å². The molecule has 25 heavy (non-hydrogen) atoms.